The Labute approximate surface area is 131 Å². The third-order valence-corrected chi connectivity index (χ3v) is 2.54. The van der Waals surface area contributed by atoms with E-state index in [1.807, 2.05) is 10.6 Å². The van der Waals surface area contributed by atoms with Gasteiger partial charge in [0.25, 0.3) is 11.8 Å². The molecule has 1 fully saturated rings. The van der Waals surface area contributed by atoms with E-state index >= 15 is 0 Å². The first kappa shape index (κ1) is 15.8. The number of carbonyl (C=O) groups is 3. The summed E-state index contributed by atoms with van der Waals surface area (Å²) in [7, 11) is 0. The average molecular weight is 292 g/mol. The predicted molar refractivity (Wildman–Crippen MR) is 55.6 cm³/mol. The first-order valence-corrected chi connectivity index (χ1v) is 5.62. The average Bonchev–Trinajstić information content (AvgIpc) is 2.71. The molecule has 0 aliphatic carbocycles. The first-order chi connectivity index (χ1) is 8.47. The van der Waals surface area contributed by atoms with E-state index in [4.69, 9.17) is 4.42 Å². The third-order valence-electron chi connectivity index (χ3n) is 2.00. The zero-order chi connectivity index (χ0) is 13.3. The summed E-state index contributed by atoms with van der Waals surface area (Å²) in [6.07, 6.45) is 1.04. The van der Waals surface area contributed by atoms with E-state index in [0.29, 0.717) is 0 Å². The largest absolute Gasteiger partial charge is 1.00 e. The van der Waals surface area contributed by atoms with Crippen LogP contribution in [0.4, 0.5) is 4.79 Å². The van der Waals surface area contributed by atoms with Gasteiger partial charge in [-0.25, -0.2) is 4.79 Å². The molecule has 2 N–H and O–H groups in total. The number of carbonyl (C=O) groups excluding carboxylic acids is 3. The molecule has 10 heteroatoms. The third kappa shape index (κ3) is 3.61. The minimum atomic E-state index is -2.54. The van der Waals surface area contributed by atoms with E-state index in [-0.39, 0.29) is 46.0 Å². The monoisotopic (exact) mass is 292 g/mol. The molecule has 8 nitrogen and oxygen atoms in total. The molecule has 2 rings (SSSR count). The van der Waals surface area contributed by atoms with Crippen molar-refractivity contribution >= 4 is 35.0 Å². The van der Waals surface area contributed by atoms with Crippen molar-refractivity contribution in [2.24, 2.45) is 0 Å². The Hall–Kier alpha value is -1.26. The van der Waals surface area contributed by atoms with Crippen LogP contribution < -0.4 is 40.2 Å². The number of hydrogen-bond acceptors (Lipinski definition) is 6. The zero-order valence-corrected chi connectivity index (χ0v) is 12.4. The topological polar surface area (TPSA) is 129 Å². The first-order valence-electron chi connectivity index (χ1n) is 4.55. The number of furan rings is 1. The second-order valence-corrected chi connectivity index (χ2v) is 4.06. The van der Waals surface area contributed by atoms with Crippen LogP contribution in [-0.4, -0.2) is 26.6 Å². The summed E-state index contributed by atoms with van der Waals surface area (Å²) in [5, 5.41) is 3.41. The van der Waals surface area contributed by atoms with Crippen LogP contribution in [0.1, 0.15) is 5.76 Å². The Morgan fingerprint density at radius 1 is 1.16 bits per heavy atom. The van der Waals surface area contributed by atoms with E-state index in [1.165, 1.54) is 12.1 Å². The van der Waals surface area contributed by atoms with Crippen LogP contribution >= 0.6 is 0 Å². The molecule has 94 valence electrons. The molecule has 1 saturated heterocycles. The van der Waals surface area contributed by atoms with Crippen molar-refractivity contribution in [2.75, 3.05) is 0 Å². The van der Waals surface area contributed by atoms with Crippen LogP contribution in [0.15, 0.2) is 27.2 Å². The Kier molecular flexibility index (Phi) is 5.20. The summed E-state index contributed by atoms with van der Waals surface area (Å²) < 4.78 is 26.0. The maximum absolute atomic E-state index is 11.3. The number of imide groups is 2. The Bertz CT molecular complexity index is 586. The van der Waals surface area contributed by atoms with Crippen LogP contribution in [0.25, 0.3) is 6.08 Å². The number of urea groups is 1. The Balaban J connectivity index is 0.00000180. The van der Waals surface area contributed by atoms with Crippen molar-refractivity contribution in [3.05, 3.63) is 23.5 Å². The quantitative estimate of drug-likeness (QED) is 0.249. The second-order valence-electron chi connectivity index (χ2n) is 3.19. The van der Waals surface area contributed by atoms with Gasteiger partial charge in [0, 0.05) is 11.1 Å². The molecule has 0 spiro atoms. The van der Waals surface area contributed by atoms with Crippen LogP contribution in [-0.2, 0) is 20.7 Å². The minimum Gasteiger partial charge on any atom is -0.766 e. The van der Waals surface area contributed by atoms with Gasteiger partial charge in [0.2, 0.25) is 0 Å². The summed E-state index contributed by atoms with van der Waals surface area (Å²) in [6.45, 7) is 0. The number of amides is 4. The molecule has 1 aromatic heterocycles. The molecular weight excluding hydrogens is 287 g/mol. The molecule has 4 amide bonds. The van der Waals surface area contributed by atoms with Gasteiger partial charge < -0.3 is 8.97 Å². The summed E-state index contributed by atoms with van der Waals surface area (Å²) in [5.41, 5.74) is -0.354. The summed E-state index contributed by atoms with van der Waals surface area (Å²) in [5.74, 6) is -1.77. The van der Waals surface area contributed by atoms with E-state index in [1.54, 1.807) is 0 Å². The molecule has 1 aliphatic heterocycles. The van der Waals surface area contributed by atoms with Crippen molar-refractivity contribution in [1.29, 1.82) is 0 Å². The molecule has 2 heterocycles. The molecular formula is C9H5N2NaO6S. The van der Waals surface area contributed by atoms with E-state index in [0.717, 1.165) is 6.08 Å². The summed E-state index contributed by atoms with van der Waals surface area (Å²) in [4.78, 5) is 33.5. The van der Waals surface area contributed by atoms with Crippen LogP contribution in [0.5, 0.6) is 0 Å². The molecule has 0 aromatic carbocycles. The maximum Gasteiger partial charge on any atom is 1.00 e. The number of barbiturate groups is 1. The van der Waals surface area contributed by atoms with Gasteiger partial charge in [-0.3, -0.25) is 24.4 Å². The fraction of sp³-hybridized carbons (Fsp3) is 0. The molecule has 0 saturated carbocycles. The SMILES string of the molecule is O=C1NC(=O)C(=Cc2ccc(S(=O)[O-])o2)C(=O)N1.[Na+]. The molecule has 19 heavy (non-hydrogen) atoms. The van der Waals surface area contributed by atoms with E-state index in [2.05, 4.69) is 0 Å². The standard InChI is InChI=1S/C9H6N2O6S.Na/c12-7-5(8(13)11-9(14)10-7)3-4-1-2-6(17-4)18(15)16;/h1-3H,(H,15,16)(H2,10,11,12,13,14);/q;+1/p-1. The zero-order valence-electron chi connectivity index (χ0n) is 9.59. The van der Waals surface area contributed by atoms with Crippen molar-refractivity contribution in [2.45, 2.75) is 5.09 Å². The normalized spacial score (nSPS) is 16.3. The molecule has 0 bridgehead atoms. The van der Waals surface area contributed by atoms with E-state index in [9.17, 15) is 23.1 Å². The van der Waals surface area contributed by atoms with Crippen LogP contribution in [0.2, 0.25) is 0 Å². The number of rotatable bonds is 2. The van der Waals surface area contributed by atoms with E-state index < -0.39 is 28.9 Å². The fourth-order valence-corrected chi connectivity index (χ4v) is 1.59. The van der Waals surface area contributed by atoms with Gasteiger partial charge in [-0.05, 0) is 18.2 Å². The van der Waals surface area contributed by atoms with Crippen molar-refractivity contribution in [1.82, 2.24) is 10.6 Å². The second kappa shape index (κ2) is 6.26. The van der Waals surface area contributed by atoms with Gasteiger partial charge in [0.05, 0.1) is 0 Å². The molecule has 1 aromatic rings. The minimum absolute atomic E-state index is 0. The van der Waals surface area contributed by atoms with Crippen molar-refractivity contribution in [3.8, 4) is 0 Å². The van der Waals surface area contributed by atoms with Gasteiger partial charge in [0.1, 0.15) is 11.3 Å². The number of hydrogen-bond donors (Lipinski definition) is 2. The summed E-state index contributed by atoms with van der Waals surface area (Å²) >= 11 is -2.54. The maximum atomic E-state index is 11.3. The van der Waals surface area contributed by atoms with Gasteiger partial charge in [-0.2, -0.15) is 0 Å². The summed E-state index contributed by atoms with van der Waals surface area (Å²) in [6, 6.07) is 1.52. The van der Waals surface area contributed by atoms with Crippen molar-refractivity contribution in [3.63, 3.8) is 0 Å². The Morgan fingerprint density at radius 3 is 2.21 bits per heavy atom. The molecule has 1 atom stereocenters. The fourth-order valence-electron chi connectivity index (χ4n) is 1.25. The predicted octanol–water partition coefficient (Wildman–Crippen LogP) is -3.73. The van der Waals surface area contributed by atoms with Gasteiger partial charge >= 0.3 is 35.6 Å². The van der Waals surface area contributed by atoms with Crippen LogP contribution in [0, 0.1) is 0 Å². The molecule has 1 unspecified atom stereocenters. The number of nitrogens with one attached hydrogen (secondary N) is 2. The Morgan fingerprint density at radius 2 is 1.74 bits per heavy atom. The van der Waals surface area contributed by atoms with Gasteiger partial charge in [0.15, 0.2) is 5.09 Å². The smallest absolute Gasteiger partial charge is 0.766 e. The van der Waals surface area contributed by atoms with Gasteiger partial charge in [-0.1, -0.05) is 0 Å². The molecule has 0 radical (unpaired) electrons. The van der Waals surface area contributed by atoms with Crippen molar-refractivity contribution < 1.29 is 57.1 Å². The van der Waals surface area contributed by atoms with Gasteiger partial charge in [-0.15, -0.1) is 0 Å². The van der Waals surface area contributed by atoms with Crippen LogP contribution in [0.3, 0.4) is 0 Å². The molecule has 1 aliphatic rings.